The summed E-state index contributed by atoms with van der Waals surface area (Å²) in [5, 5.41) is 3.26. The SMILES string of the molecule is CCNC(CS(C)(=O)=O)C1=CCCCC1. The molecule has 1 aliphatic carbocycles. The number of rotatable bonds is 5. The number of likely N-dealkylation sites (N-methyl/N-ethyl adjacent to an activating group) is 1. The van der Waals surface area contributed by atoms with E-state index >= 15 is 0 Å². The average molecular weight is 231 g/mol. The Kier molecular flexibility index (Phi) is 4.80. The van der Waals surface area contributed by atoms with Gasteiger partial charge in [0, 0.05) is 12.3 Å². The van der Waals surface area contributed by atoms with E-state index in [-0.39, 0.29) is 11.8 Å². The summed E-state index contributed by atoms with van der Waals surface area (Å²) < 4.78 is 22.6. The van der Waals surface area contributed by atoms with Gasteiger partial charge in [0.15, 0.2) is 0 Å². The van der Waals surface area contributed by atoms with E-state index in [0.717, 1.165) is 19.4 Å². The summed E-state index contributed by atoms with van der Waals surface area (Å²) in [4.78, 5) is 0. The molecule has 0 saturated carbocycles. The van der Waals surface area contributed by atoms with Gasteiger partial charge in [-0.25, -0.2) is 8.42 Å². The fraction of sp³-hybridized carbons (Fsp3) is 0.818. The molecule has 1 N–H and O–H groups in total. The van der Waals surface area contributed by atoms with E-state index in [1.807, 2.05) is 6.92 Å². The van der Waals surface area contributed by atoms with Crippen molar-refractivity contribution in [1.29, 1.82) is 0 Å². The minimum atomic E-state index is -2.90. The molecule has 0 heterocycles. The Balaban J connectivity index is 2.68. The molecule has 4 heteroatoms. The second-order valence-corrected chi connectivity index (χ2v) is 6.41. The zero-order valence-electron chi connectivity index (χ0n) is 9.62. The largest absolute Gasteiger partial charge is 0.310 e. The summed E-state index contributed by atoms with van der Waals surface area (Å²) in [5.74, 6) is 0.229. The Bertz CT molecular complexity index is 319. The van der Waals surface area contributed by atoms with Crippen LogP contribution in [0.5, 0.6) is 0 Å². The van der Waals surface area contributed by atoms with Crippen LogP contribution >= 0.6 is 0 Å². The Labute approximate surface area is 92.9 Å². The van der Waals surface area contributed by atoms with Gasteiger partial charge in [-0.2, -0.15) is 0 Å². The molecule has 0 saturated heterocycles. The lowest BCUT2D eigenvalue weighted by Gasteiger charge is -2.23. The van der Waals surface area contributed by atoms with E-state index in [1.54, 1.807) is 0 Å². The van der Waals surface area contributed by atoms with Crippen LogP contribution < -0.4 is 5.32 Å². The highest BCUT2D eigenvalue weighted by molar-refractivity contribution is 7.90. The van der Waals surface area contributed by atoms with Crippen LogP contribution in [0.4, 0.5) is 0 Å². The highest BCUT2D eigenvalue weighted by atomic mass is 32.2. The third kappa shape index (κ3) is 4.80. The molecule has 0 fully saturated rings. The minimum Gasteiger partial charge on any atom is -0.310 e. The van der Waals surface area contributed by atoms with Gasteiger partial charge in [0.1, 0.15) is 9.84 Å². The van der Waals surface area contributed by atoms with Crippen molar-refractivity contribution in [2.45, 2.75) is 38.6 Å². The van der Waals surface area contributed by atoms with Gasteiger partial charge >= 0.3 is 0 Å². The molecule has 1 atom stereocenters. The van der Waals surface area contributed by atoms with Crippen LogP contribution in [0.15, 0.2) is 11.6 Å². The van der Waals surface area contributed by atoms with Crippen LogP contribution in [0.2, 0.25) is 0 Å². The number of nitrogens with one attached hydrogen (secondary N) is 1. The van der Waals surface area contributed by atoms with Crippen molar-refractivity contribution < 1.29 is 8.42 Å². The average Bonchev–Trinajstić information content (AvgIpc) is 2.17. The smallest absolute Gasteiger partial charge is 0.149 e. The third-order valence-electron chi connectivity index (χ3n) is 2.69. The second-order valence-electron chi connectivity index (χ2n) is 4.23. The molecular formula is C11H21NO2S. The second kappa shape index (κ2) is 5.66. The number of hydrogen-bond donors (Lipinski definition) is 1. The summed E-state index contributed by atoms with van der Waals surface area (Å²) >= 11 is 0. The third-order valence-corrected chi connectivity index (χ3v) is 3.63. The van der Waals surface area contributed by atoms with Crippen LogP contribution in [0.3, 0.4) is 0 Å². The Morgan fingerprint density at radius 3 is 2.67 bits per heavy atom. The van der Waals surface area contributed by atoms with Crippen molar-refractivity contribution in [3.63, 3.8) is 0 Å². The first kappa shape index (κ1) is 12.7. The number of hydrogen-bond acceptors (Lipinski definition) is 3. The molecule has 88 valence electrons. The Morgan fingerprint density at radius 2 is 2.20 bits per heavy atom. The summed E-state index contributed by atoms with van der Waals surface area (Å²) in [5.41, 5.74) is 1.29. The molecule has 0 amide bonds. The maximum absolute atomic E-state index is 11.3. The van der Waals surface area contributed by atoms with Gasteiger partial charge < -0.3 is 5.32 Å². The maximum Gasteiger partial charge on any atom is 0.149 e. The van der Waals surface area contributed by atoms with Crippen LogP contribution in [-0.4, -0.2) is 33.0 Å². The predicted octanol–water partition coefficient (Wildman–Crippen LogP) is 1.51. The molecule has 0 aliphatic heterocycles. The quantitative estimate of drug-likeness (QED) is 0.730. The highest BCUT2D eigenvalue weighted by Crippen LogP contribution is 2.21. The Hall–Kier alpha value is -0.350. The molecule has 15 heavy (non-hydrogen) atoms. The zero-order valence-corrected chi connectivity index (χ0v) is 10.4. The molecule has 0 radical (unpaired) electrons. The molecule has 1 rings (SSSR count). The van der Waals surface area contributed by atoms with Gasteiger partial charge in [-0.1, -0.05) is 18.6 Å². The van der Waals surface area contributed by atoms with Crippen LogP contribution in [0, 0.1) is 0 Å². The van der Waals surface area contributed by atoms with Crippen molar-refractivity contribution in [1.82, 2.24) is 5.32 Å². The van der Waals surface area contributed by atoms with Crippen LogP contribution in [0.1, 0.15) is 32.6 Å². The summed E-state index contributed by atoms with van der Waals surface area (Å²) in [6, 6.07) is 0.0327. The summed E-state index contributed by atoms with van der Waals surface area (Å²) in [7, 11) is -2.90. The lowest BCUT2D eigenvalue weighted by molar-refractivity contribution is 0.555. The van der Waals surface area contributed by atoms with Crippen LogP contribution in [0.25, 0.3) is 0 Å². The van der Waals surface area contributed by atoms with Crippen molar-refractivity contribution in [2.75, 3.05) is 18.6 Å². The van der Waals surface area contributed by atoms with Gasteiger partial charge in [0.25, 0.3) is 0 Å². The lowest BCUT2D eigenvalue weighted by atomic mass is 9.95. The van der Waals surface area contributed by atoms with Gasteiger partial charge in [0.2, 0.25) is 0 Å². The van der Waals surface area contributed by atoms with E-state index in [9.17, 15) is 8.42 Å². The number of allylic oxidation sites excluding steroid dienone is 1. The van der Waals surface area contributed by atoms with Gasteiger partial charge in [-0.05, 0) is 32.2 Å². The fourth-order valence-electron chi connectivity index (χ4n) is 2.03. The fourth-order valence-corrected chi connectivity index (χ4v) is 2.96. The van der Waals surface area contributed by atoms with Gasteiger partial charge in [0.05, 0.1) is 5.75 Å². The lowest BCUT2D eigenvalue weighted by Crippen LogP contribution is -2.37. The molecule has 0 aromatic heterocycles. The van der Waals surface area contributed by atoms with E-state index in [2.05, 4.69) is 11.4 Å². The van der Waals surface area contributed by atoms with Crippen molar-refractivity contribution in [2.24, 2.45) is 0 Å². The topological polar surface area (TPSA) is 46.2 Å². The summed E-state index contributed by atoms with van der Waals surface area (Å²) in [6.45, 7) is 2.83. The van der Waals surface area contributed by atoms with Crippen LogP contribution in [-0.2, 0) is 9.84 Å². The van der Waals surface area contributed by atoms with Gasteiger partial charge in [-0.3, -0.25) is 0 Å². The Morgan fingerprint density at radius 1 is 1.47 bits per heavy atom. The van der Waals surface area contributed by atoms with Gasteiger partial charge in [-0.15, -0.1) is 0 Å². The summed E-state index contributed by atoms with van der Waals surface area (Å²) in [6.07, 6.45) is 8.09. The molecule has 0 aromatic rings. The first-order valence-corrected chi connectivity index (χ1v) is 7.69. The zero-order chi connectivity index (χ0) is 11.3. The predicted molar refractivity (Wildman–Crippen MR) is 63.7 cm³/mol. The molecule has 0 aromatic carbocycles. The molecule has 1 aliphatic rings. The van der Waals surface area contributed by atoms with E-state index in [0.29, 0.717) is 0 Å². The molecule has 1 unspecified atom stereocenters. The number of sulfone groups is 1. The monoisotopic (exact) mass is 231 g/mol. The van der Waals surface area contributed by atoms with E-state index in [1.165, 1.54) is 24.7 Å². The van der Waals surface area contributed by atoms with Crippen molar-refractivity contribution in [3.05, 3.63) is 11.6 Å². The first-order chi connectivity index (χ1) is 7.03. The van der Waals surface area contributed by atoms with E-state index < -0.39 is 9.84 Å². The van der Waals surface area contributed by atoms with E-state index in [4.69, 9.17) is 0 Å². The van der Waals surface area contributed by atoms with Crippen molar-refractivity contribution >= 4 is 9.84 Å². The van der Waals surface area contributed by atoms with Crippen molar-refractivity contribution in [3.8, 4) is 0 Å². The maximum atomic E-state index is 11.3. The molecule has 0 spiro atoms. The standard InChI is InChI=1S/C11H21NO2S/c1-3-12-11(9-15(2,13)14)10-7-5-4-6-8-10/h7,11-12H,3-6,8-9H2,1-2H3. The molecular weight excluding hydrogens is 210 g/mol. The minimum absolute atomic E-state index is 0.0327. The normalized spacial score (nSPS) is 19.7. The molecule has 0 bridgehead atoms. The highest BCUT2D eigenvalue weighted by Gasteiger charge is 2.19. The molecule has 3 nitrogen and oxygen atoms in total. The first-order valence-electron chi connectivity index (χ1n) is 5.63.